The molecule has 0 radical (unpaired) electrons. The predicted octanol–water partition coefficient (Wildman–Crippen LogP) is 1.49. The van der Waals surface area contributed by atoms with E-state index < -0.39 is 5.41 Å². The molecule has 98 valence electrons. The molecule has 19 heavy (non-hydrogen) atoms. The highest BCUT2D eigenvalue weighted by atomic mass is 16.5. The molecule has 5 heteroatoms. The van der Waals surface area contributed by atoms with Gasteiger partial charge in [-0.15, -0.1) is 0 Å². The number of amides is 1. The molecular formula is C14H14N2O3. The van der Waals surface area contributed by atoms with E-state index in [-0.39, 0.29) is 19.1 Å². The summed E-state index contributed by atoms with van der Waals surface area (Å²) in [6.45, 7) is 1.08. The first-order valence-corrected chi connectivity index (χ1v) is 6.30. The van der Waals surface area contributed by atoms with Crippen molar-refractivity contribution in [2.75, 3.05) is 25.1 Å². The fourth-order valence-electron chi connectivity index (χ4n) is 2.24. The smallest absolute Gasteiger partial charge is 0.249 e. The monoisotopic (exact) mass is 258 g/mol. The van der Waals surface area contributed by atoms with Crippen molar-refractivity contribution in [3.05, 3.63) is 23.8 Å². The van der Waals surface area contributed by atoms with Crippen molar-refractivity contribution in [3.63, 3.8) is 0 Å². The van der Waals surface area contributed by atoms with E-state index in [1.807, 2.05) is 18.2 Å². The van der Waals surface area contributed by atoms with E-state index in [9.17, 15) is 4.79 Å². The SMILES string of the molecule is N#CC1(C(=O)Nc2ccc3c(c2)CCCO3)COC1. The maximum atomic E-state index is 12.1. The number of hydrogen-bond acceptors (Lipinski definition) is 4. The number of hydrogen-bond donors (Lipinski definition) is 1. The largest absolute Gasteiger partial charge is 0.493 e. The van der Waals surface area contributed by atoms with Crippen LogP contribution in [0.5, 0.6) is 5.75 Å². The van der Waals surface area contributed by atoms with Gasteiger partial charge in [0.25, 0.3) is 0 Å². The van der Waals surface area contributed by atoms with Gasteiger partial charge in [0.05, 0.1) is 25.9 Å². The van der Waals surface area contributed by atoms with Crippen molar-refractivity contribution in [3.8, 4) is 11.8 Å². The molecule has 2 aliphatic rings. The highest BCUT2D eigenvalue weighted by molar-refractivity contribution is 5.98. The van der Waals surface area contributed by atoms with Crippen LogP contribution in [0.3, 0.4) is 0 Å². The standard InChI is InChI=1S/C14H14N2O3/c15-7-14(8-18-9-14)13(17)16-11-3-4-12-10(6-11)2-1-5-19-12/h3-4,6H,1-2,5,8-9H2,(H,16,17). The normalized spacial score (nSPS) is 19.3. The summed E-state index contributed by atoms with van der Waals surface area (Å²) in [5.74, 6) is 0.587. The molecule has 2 heterocycles. The first-order valence-electron chi connectivity index (χ1n) is 6.30. The molecule has 2 aliphatic heterocycles. The summed E-state index contributed by atoms with van der Waals surface area (Å²) in [5, 5.41) is 11.9. The van der Waals surface area contributed by atoms with Crippen LogP contribution in [0.15, 0.2) is 18.2 Å². The Bertz CT molecular complexity index is 558. The van der Waals surface area contributed by atoms with Crippen LogP contribution in [-0.2, 0) is 16.0 Å². The average molecular weight is 258 g/mol. The van der Waals surface area contributed by atoms with Gasteiger partial charge in [0.1, 0.15) is 5.75 Å². The summed E-state index contributed by atoms with van der Waals surface area (Å²) in [4.78, 5) is 12.1. The molecule has 1 amide bonds. The Morgan fingerprint density at radius 2 is 2.26 bits per heavy atom. The molecule has 3 rings (SSSR count). The van der Waals surface area contributed by atoms with E-state index in [1.165, 1.54) is 0 Å². The number of nitrogens with zero attached hydrogens (tertiary/aromatic N) is 1. The van der Waals surface area contributed by atoms with Gasteiger partial charge in [-0.2, -0.15) is 5.26 Å². The minimum atomic E-state index is -1.02. The van der Waals surface area contributed by atoms with Crippen LogP contribution in [0.1, 0.15) is 12.0 Å². The van der Waals surface area contributed by atoms with E-state index in [1.54, 1.807) is 6.07 Å². The average Bonchev–Trinajstić information content (AvgIpc) is 2.38. The molecule has 1 aromatic carbocycles. The zero-order valence-corrected chi connectivity index (χ0v) is 10.4. The minimum Gasteiger partial charge on any atom is -0.493 e. The Balaban J connectivity index is 1.77. The van der Waals surface area contributed by atoms with Gasteiger partial charge in [-0.1, -0.05) is 0 Å². The fourth-order valence-corrected chi connectivity index (χ4v) is 2.24. The molecule has 0 saturated carbocycles. The Kier molecular flexibility index (Phi) is 2.88. The van der Waals surface area contributed by atoms with Crippen LogP contribution in [0.25, 0.3) is 0 Å². The zero-order valence-electron chi connectivity index (χ0n) is 10.4. The molecule has 0 aliphatic carbocycles. The number of rotatable bonds is 2. The van der Waals surface area contributed by atoms with Gasteiger partial charge in [-0.3, -0.25) is 4.79 Å². The van der Waals surface area contributed by atoms with Gasteiger partial charge in [0.2, 0.25) is 5.91 Å². The third kappa shape index (κ3) is 2.04. The molecule has 1 saturated heterocycles. The van der Waals surface area contributed by atoms with Gasteiger partial charge < -0.3 is 14.8 Å². The van der Waals surface area contributed by atoms with Gasteiger partial charge >= 0.3 is 0 Å². The van der Waals surface area contributed by atoms with Gasteiger partial charge in [0, 0.05) is 5.69 Å². The van der Waals surface area contributed by atoms with E-state index >= 15 is 0 Å². The number of benzene rings is 1. The number of nitrogens with one attached hydrogen (secondary N) is 1. The lowest BCUT2D eigenvalue weighted by molar-refractivity contribution is -0.144. The van der Waals surface area contributed by atoms with Crippen LogP contribution in [-0.4, -0.2) is 25.7 Å². The summed E-state index contributed by atoms with van der Waals surface area (Å²) in [5.41, 5.74) is 0.780. The van der Waals surface area contributed by atoms with E-state index in [2.05, 4.69) is 5.32 Å². The van der Waals surface area contributed by atoms with Crippen molar-refractivity contribution in [2.45, 2.75) is 12.8 Å². The van der Waals surface area contributed by atoms with Crippen molar-refractivity contribution < 1.29 is 14.3 Å². The fraction of sp³-hybridized carbons (Fsp3) is 0.429. The third-order valence-electron chi connectivity index (χ3n) is 3.51. The van der Waals surface area contributed by atoms with Crippen LogP contribution in [0.4, 0.5) is 5.69 Å². The molecular weight excluding hydrogens is 244 g/mol. The topological polar surface area (TPSA) is 71.4 Å². The Morgan fingerprint density at radius 1 is 1.42 bits per heavy atom. The van der Waals surface area contributed by atoms with E-state index in [0.717, 1.165) is 30.8 Å². The zero-order chi connectivity index (χ0) is 13.3. The second-order valence-corrected chi connectivity index (χ2v) is 4.92. The predicted molar refractivity (Wildman–Crippen MR) is 67.8 cm³/mol. The van der Waals surface area contributed by atoms with Crippen molar-refractivity contribution >= 4 is 11.6 Å². The molecule has 0 atom stereocenters. The van der Waals surface area contributed by atoms with E-state index in [4.69, 9.17) is 14.7 Å². The van der Waals surface area contributed by atoms with Crippen LogP contribution >= 0.6 is 0 Å². The maximum Gasteiger partial charge on any atom is 0.249 e. The third-order valence-corrected chi connectivity index (χ3v) is 3.51. The second-order valence-electron chi connectivity index (χ2n) is 4.92. The van der Waals surface area contributed by atoms with Crippen LogP contribution < -0.4 is 10.1 Å². The number of fused-ring (bicyclic) bond motifs is 1. The molecule has 0 unspecified atom stereocenters. The first-order chi connectivity index (χ1) is 9.23. The molecule has 1 aromatic rings. The number of aryl methyl sites for hydroxylation is 1. The molecule has 5 nitrogen and oxygen atoms in total. The highest BCUT2D eigenvalue weighted by Gasteiger charge is 2.46. The summed E-state index contributed by atoms with van der Waals surface area (Å²) in [6.07, 6.45) is 1.94. The number of nitriles is 1. The minimum absolute atomic E-state index is 0.170. The number of carbonyl (C=O) groups excluding carboxylic acids is 1. The molecule has 0 spiro atoms. The van der Waals surface area contributed by atoms with Crippen molar-refractivity contribution in [2.24, 2.45) is 5.41 Å². The molecule has 1 N–H and O–H groups in total. The van der Waals surface area contributed by atoms with Gasteiger partial charge in [0.15, 0.2) is 5.41 Å². The number of anilines is 1. The Hall–Kier alpha value is -2.06. The Morgan fingerprint density at radius 3 is 2.95 bits per heavy atom. The summed E-state index contributed by atoms with van der Waals surface area (Å²) in [6, 6.07) is 7.61. The second kappa shape index (κ2) is 4.56. The van der Waals surface area contributed by atoms with Gasteiger partial charge in [-0.05, 0) is 36.6 Å². The molecule has 0 bridgehead atoms. The Labute approximate surface area is 111 Å². The maximum absolute atomic E-state index is 12.1. The molecule has 1 fully saturated rings. The number of ether oxygens (including phenoxy) is 2. The lowest BCUT2D eigenvalue weighted by Gasteiger charge is -2.33. The van der Waals surface area contributed by atoms with Crippen molar-refractivity contribution in [1.82, 2.24) is 0 Å². The summed E-state index contributed by atoms with van der Waals surface area (Å²) >= 11 is 0. The highest BCUT2D eigenvalue weighted by Crippen LogP contribution is 2.31. The summed E-state index contributed by atoms with van der Waals surface area (Å²) in [7, 11) is 0. The quantitative estimate of drug-likeness (QED) is 0.872. The summed E-state index contributed by atoms with van der Waals surface area (Å²) < 4.78 is 10.5. The first kappa shape index (κ1) is 12.0. The lowest BCUT2D eigenvalue weighted by Crippen LogP contribution is -2.50. The van der Waals surface area contributed by atoms with Crippen molar-refractivity contribution in [1.29, 1.82) is 5.26 Å². The number of carbonyl (C=O) groups is 1. The van der Waals surface area contributed by atoms with Crippen LogP contribution in [0, 0.1) is 16.7 Å². The van der Waals surface area contributed by atoms with Crippen LogP contribution in [0.2, 0.25) is 0 Å². The van der Waals surface area contributed by atoms with Gasteiger partial charge in [-0.25, -0.2) is 0 Å². The van der Waals surface area contributed by atoms with E-state index in [0.29, 0.717) is 5.69 Å². The lowest BCUT2D eigenvalue weighted by atomic mass is 9.86. The molecule has 0 aromatic heterocycles.